The highest BCUT2D eigenvalue weighted by Crippen LogP contribution is 2.14. The SMILES string of the molecule is COCCCNc1cc(F)ccc1F. The van der Waals surface area contributed by atoms with E-state index in [-0.39, 0.29) is 5.69 Å². The first-order chi connectivity index (χ1) is 6.74. The summed E-state index contributed by atoms with van der Waals surface area (Å²) in [6, 6.07) is 3.34. The highest BCUT2D eigenvalue weighted by Gasteiger charge is 2.01. The minimum Gasteiger partial charge on any atom is -0.385 e. The predicted molar refractivity (Wildman–Crippen MR) is 51.3 cm³/mol. The minimum absolute atomic E-state index is 0.195. The fraction of sp³-hybridized carbons (Fsp3) is 0.400. The molecule has 0 aliphatic carbocycles. The van der Waals surface area contributed by atoms with Crippen LogP contribution in [0.3, 0.4) is 0 Å². The van der Waals surface area contributed by atoms with Gasteiger partial charge in [-0.15, -0.1) is 0 Å². The van der Waals surface area contributed by atoms with E-state index < -0.39 is 11.6 Å². The maximum absolute atomic E-state index is 13.0. The van der Waals surface area contributed by atoms with Gasteiger partial charge in [-0.05, 0) is 24.6 Å². The van der Waals surface area contributed by atoms with E-state index >= 15 is 0 Å². The monoisotopic (exact) mass is 201 g/mol. The van der Waals surface area contributed by atoms with Crippen molar-refractivity contribution in [2.75, 3.05) is 25.6 Å². The van der Waals surface area contributed by atoms with Crippen LogP contribution in [0.25, 0.3) is 0 Å². The van der Waals surface area contributed by atoms with E-state index in [0.29, 0.717) is 13.2 Å². The Morgan fingerprint density at radius 1 is 1.36 bits per heavy atom. The van der Waals surface area contributed by atoms with Gasteiger partial charge in [-0.2, -0.15) is 0 Å². The van der Waals surface area contributed by atoms with Gasteiger partial charge in [-0.1, -0.05) is 0 Å². The summed E-state index contributed by atoms with van der Waals surface area (Å²) in [6.45, 7) is 1.16. The maximum Gasteiger partial charge on any atom is 0.146 e. The molecule has 0 saturated carbocycles. The third-order valence-electron chi connectivity index (χ3n) is 1.77. The second-order valence-electron chi connectivity index (χ2n) is 2.90. The molecule has 0 bridgehead atoms. The Bertz CT molecular complexity index is 291. The van der Waals surface area contributed by atoms with E-state index in [1.807, 2.05) is 0 Å². The Morgan fingerprint density at radius 3 is 2.86 bits per heavy atom. The van der Waals surface area contributed by atoms with Crippen molar-refractivity contribution in [3.63, 3.8) is 0 Å². The third-order valence-corrected chi connectivity index (χ3v) is 1.77. The van der Waals surface area contributed by atoms with Gasteiger partial charge in [-0.3, -0.25) is 0 Å². The van der Waals surface area contributed by atoms with Crippen molar-refractivity contribution >= 4 is 5.69 Å². The fourth-order valence-corrected chi connectivity index (χ4v) is 1.07. The van der Waals surface area contributed by atoms with Crippen LogP contribution in [0.5, 0.6) is 0 Å². The Morgan fingerprint density at radius 2 is 2.14 bits per heavy atom. The molecule has 0 unspecified atom stereocenters. The van der Waals surface area contributed by atoms with Crippen LogP contribution in [0.2, 0.25) is 0 Å². The average Bonchev–Trinajstić information content (AvgIpc) is 2.18. The Hall–Kier alpha value is -1.16. The minimum atomic E-state index is -0.444. The molecule has 0 atom stereocenters. The molecule has 1 N–H and O–H groups in total. The molecule has 0 spiro atoms. The number of nitrogens with one attached hydrogen (secondary N) is 1. The molecule has 0 aliphatic heterocycles. The maximum atomic E-state index is 13.0. The zero-order chi connectivity index (χ0) is 10.4. The predicted octanol–water partition coefficient (Wildman–Crippen LogP) is 2.41. The zero-order valence-electron chi connectivity index (χ0n) is 8.02. The number of hydrogen-bond acceptors (Lipinski definition) is 2. The number of rotatable bonds is 5. The molecular formula is C10H13F2NO. The smallest absolute Gasteiger partial charge is 0.146 e. The molecule has 14 heavy (non-hydrogen) atoms. The van der Waals surface area contributed by atoms with E-state index in [9.17, 15) is 8.78 Å². The van der Waals surface area contributed by atoms with Crippen LogP contribution in [0.4, 0.5) is 14.5 Å². The normalized spacial score (nSPS) is 10.2. The van der Waals surface area contributed by atoms with Crippen molar-refractivity contribution in [2.24, 2.45) is 0 Å². The molecule has 0 aromatic heterocycles. The molecule has 1 aromatic carbocycles. The molecule has 0 amide bonds. The summed E-state index contributed by atoms with van der Waals surface area (Å²) >= 11 is 0. The lowest BCUT2D eigenvalue weighted by Crippen LogP contribution is -2.06. The van der Waals surface area contributed by atoms with Gasteiger partial charge < -0.3 is 10.1 Å². The molecular weight excluding hydrogens is 188 g/mol. The van der Waals surface area contributed by atoms with Gasteiger partial charge in [0.1, 0.15) is 11.6 Å². The lowest BCUT2D eigenvalue weighted by Gasteiger charge is -2.06. The number of halogens is 2. The Balaban J connectivity index is 2.45. The molecule has 2 nitrogen and oxygen atoms in total. The summed E-state index contributed by atoms with van der Waals surface area (Å²) in [5.74, 6) is -0.885. The summed E-state index contributed by atoms with van der Waals surface area (Å²) < 4.78 is 30.5. The third kappa shape index (κ3) is 3.30. The van der Waals surface area contributed by atoms with Gasteiger partial charge in [0.2, 0.25) is 0 Å². The van der Waals surface area contributed by atoms with Gasteiger partial charge in [0, 0.05) is 20.3 Å². The topological polar surface area (TPSA) is 21.3 Å². The van der Waals surface area contributed by atoms with Crippen LogP contribution in [-0.2, 0) is 4.74 Å². The molecule has 1 rings (SSSR count). The lowest BCUT2D eigenvalue weighted by atomic mass is 10.3. The fourth-order valence-electron chi connectivity index (χ4n) is 1.07. The highest BCUT2D eigenvalue weighted by molar-refractivity contribution is 5.44. The molecule has 0 fully saturated rings. The first kappa shape index (κ1) is 10.9. The van der Waals surface area contributed by atoms with Gasteiger partial charge in [0.05, 0.1) is 5.69 Å². The van der Waals surface area contributed by atoms with Crippen LogP contribution in [0.1, 0.15) is 6.42 Å². The largest absolute Gasteiger partial charge is 0.385 e. The van der Waals surface area contributed by atoms with E-state index in [2.05, 4.69) is 5.32 Å². The van der Waals surface area contributed by atoms with Crippen LogP contribution >= 0.6 is 0 Å². The first-order valence-corrected chi connectivity index (χ1v) is 4.42. The number of ether oxygens (including phenoxy) is 1. The lowest BCUT2D eigenvalue weighted by molar-refractivity contribution is 0.197. The summed E-state index contributed by atoms with van der Waals surface area (Å²) in [5, 5.41) is 2.79. The molecule has 1 aromatic rings. The summed E-state index contributed by atoms with van der Waals surface area (Å²) in [6.07, 6.45) is 0.756. The number of hydrogen-bond donors (Lipinski definition) is 1. The molecule has 0 heterocycles. The molecule has 4 heteroatoms. The molecule has 0 aliphatic rings. The van der Waals surface area contributed by atoms with Crippen LogP contribution in [0, 0.1) is 11.6 Å². The number of anilines is 1. The standard InChI is InChI=1S/C10H13F2NO/c1-14-6-2-5-13-10-7-8(11)3-4-9(10)12/h3-4,7,13H,2,5-6H2,1H3. The molecule has 0 saturated heterocycles. The average molecular weight is 201 g/mol. The van der Waals surface area contributed by atoms with Crippen LogP contribution in [-0.4, -0.2) is 20.3 Å². The number of methoxy groups -OCH3 is 1. The van der Waals surface area contributed by atoms with Gasteiger partial charge in [0.25, 0.3) is 0 Å². The summed E-state index contributed by atoms with van der Waals surface area (Å²) in [4.78, 5) is 0. The molecule has 0 radical (unpaired) electrons. The first-order valence-electron chi connectivity index (χ1n) is 4.42. The summed E-state index contributed by atoms with van der Waals surface area (Å²) in [5.41, 5.74) is 0.195. The van der Waals surface area contributed by atoms with Crippen LogP contribution in [0.15, 0.2) is 18.2 Å². The Kier molecular flexibility index (Phi) is 4.32. The molecule has 78 valence electrons. The van der Waals surface area contributed by atoms with Crippen molar-refractivity contribution < 1.29 is 13.5 Å². The van der Waals surface area contributed by atoms with Crippen molar-refractivity contribution in [3.8, 4) is 0 Å². The van der Waals surface area contributed by atoms with Crippen molar-refractivity contribution in [3.05, 3.63) is 29.8 Å². The van der Waals surface area contributed by atoms with Gasteiger partial charge in [-0.25, -0.2) is 8.78 Å². The second kappa shape index (κ2) is 5.54. The van der Waals surface area contributed by atoms with E-state index in [4.69, 9.17) is 4.74 Å². The van der Waals surface area contributed by atoms with Gasteiger partial charge >= 0.3 is 0 Å². The van der Waals surface area contributed by atoms with Crippen molar-refractivity contribution in [1.29, 1.82) is 0 Å². The van der Waals surface area contributed by atoms with E-state index in [1.165, 1.54) is 0 Å². The van der Waals surface area contributed by atoms with Crippen LogP contribution < -0.4 is 5.32 Å². The van der Waals surface area contributed by atoms with Gasteiger partial charge in [0.15, 0.2) is 0 Å². The van der Waals surface area contributed by atoms with Crippen molar-refractivity contribution in [2.45, 2.75) is 6.42 Å². The second-order valence-corrected chi connectivity index (χ2v) is 2.90. The zero-order valence-corrected chi connectivity index (χ0v) is 8.02. The van der Waals surface area contributed by atoms with E-state index in [1.54, 1.807) is 7.11 Å². The Labute approximate surface area is 81.9 Å². The van der Waals surface area contributed by atoms with E-state index in [0.717, 1.165) is 24.6 Å². The quantitative estimate of drug-likeness (QED) is 0.738. The number of benzene rings is 1. The summed E-state index contributed by atoms with van der Waals surface area (Å²) in [7, 11) is 1.60. The van der Waals surface area contributed by atoms with Crippen molar-refractivity contribution in [1.82, 2.24) is 0 Å². The highest BCUT2D eigenvalue weighted by atomic mass is 19.1.